The van der Waals surface area contributed by atoms with Gasteiger partial charge in [0.05, 0.1) is 5.52 Å². The van der Waals surface area contributed by atoms with Gasteiger partial charge in [-0.25, -0.2) is 4.98 Å². The number of hydrogen-bond acceptors (Lipinski definition) is 2. The van der Waals surface area contributed by atoms with Crippen LogP contribution in [0.1, 0.15) is 11.1 Å². The summed E-state index contributed by atoms with van der Waals surface area (Å²) in [5.74, 6) is 1.87. The molecule has 0 saturated heterocycles. The summed E-state index contributed by atoms with van der Waals surface area (Å²) in [6.45, 7) is 0. The predicted molar refractivity (Wildman–Crippen MR) is 88.2 cm³/mol. The number of thioether (sulfide) groups is 1. The number of halogens is 1. The lowest BCUT2D eigenvalue weighted by atomic mass is 10.2. The van der Waals surface area contributed by atoms with Crippen molar-refractivity contribution in [3.8, 4) is 0 Å². The van der Waals surface area contributed by atoms with Crippen molar-refractivity contribution >= 4 is 34.3 Å². The Hall–Kier alpha value is -1.51. The normalized spacial score (nSPS) is 10.8. The van der Waals surface area contributed by atoms with Crippen molar-refractivity contribution in [2.45, 2.75) is 11.5 Å². The minimum absolute atomic E-state index is 0.615. The van der Waals surface area contributed by atoms with Gasteiger partial charge in [-0.05, 0) is 17.7 Å². The highest BCUT2D eigenvalue weighted by Crippen LogP contribution is 2.25. The number of aromatic nitrogens is 1. The zero-order valence-corrected chi connectivity index (χ0v) is 12.5. The molecule has 20 heavy (non-hydrogen) atoms. The third-order valence-electron chi connectivity index (χ3n) is 3.12. The predicted octanol–water partition coefficient (Wildman–Crippen LogP) is 5.32. The summed E-state index contributed by atoms with van der Waals surface area (Å²) in [6.07, 6.45) is 0. The van der Waals surface area contributed by atoms with Gasteiger partial charge in [0.1, 0.15) is 5.15 Å². The molecule has 0 aliphatic heterocycles. The van der Waals surface area contributed by atoms with E-state index in [4.69, 9.17) is 11.6 Å². The Morgan fingerprint density at radius 3 is 2.50 bits per heavy atom. The molecule has 0 spiro atoms. The number of pyridine rings is 1. The molecule has 0 aliphatic carbocycles. The Bertz CT molecular complexity index is 713. The molecule has 3 heteroatoms. The van der Waals surface area contributed by atoms with E-state index in [1.165, 1.54) is 5.56 Å². The lowest BCUT2D eigenvalue weighted by molar-refractivity contribution is 1.30. The van der Waals surface area contributed by atoms with Gasteiger partial charge in [-0.15, -0.1) is 0 Å². The first-order valence-electron chi connectivity index (χ1n) is 6.49. The molecular formula is C17H14ClNS. The van der Waals surface area contributed by atoms with Gasteiger partial charge >= 0.3 is 0 Å². The minimum atomic E-state index is 0.615. The van der Waals surface area contributed by atoms with Crippen molar-refractivity contribution in [2.75, 3.05) is 0 Å². The summed E-state index contributed by atoms with van der Waals surface area (Å²) in [5, 5.41) is 1.76. The van der Waals surface area contributed by atoms with E-state index in [-0.39, 0.29) is 0 Å². The van der Waals surface area contributed by atoms with Crippen molar-refractivity contribution in [3.63, 3.8) is 0 Å². The van der Waals surface area contributed by atoms with Crippen molar-refractivity contribution in [2.24, 2.45) is 0 Å². The molecule has 1 heterocycles. The molecule has 3 aromatic rings. The number of fused-ring (bicyclic) bond motifs is 1. The first-order valence-corrected chi connectivity index (χ1v) is 8.02. The van der Waals surface area contributed by atoms with Gasteiger partial charge in [0.25, 0.3) is 0 Å². The van der Waals surface area contributed by atoms with E-state index in [1.54, 1.807) is 0 Å². The molecule has 0 radical (unpaired) electrons. The standard InChI is InChI=1S/C17H14ClNS/c18-17-15(10-14-8-4-5-9-16(14)19-17)12-20-11-13-6-2-1-3-7-13/h1-10H,11-12H2. The summed E-state index contributed by atoms with van der Waals surface area (Å²) in [6, 6.07) is 20.7. The number of benzene rings is 2. The third-order valence-corrected chi connectivity index (χ3v) is 4.50. The summed E-state index contributed by atoms with van der Waals surface area (Å²) >= 11 is 8.12. The van der Waals surface area contributed by atoms with Gasteiger partial charge in [0.15, 0.2) is 0 Å². The topological polar surface area (TPSA) is 12.9 Å². The molecule has 0 saturated carbocycles. The van der Waals surface area contributed by atoms with Gasteiger partial charge in [-0.2, -0.15) is 11.8 Å². The van der Waals surface area contributed by atoms with Crippen molar-refractivity contribution < 1.29 is 0 Å². The first kappa shape index (κ1) is 13.5. The van der Waals surface area contributed by atoms with E-state index in [0.29, 0.717) is 5.15 Å². The number of nitrogens with zero attached hydrogens (tertiary/aromatic N) is 1. The average Bonchev–Trinajstić information content (AvgIpc) is 2.49. The smallest absolute Gasteiger partial charge is 0.133 e. The molecule has 0 atom stereocenters. The van der Waals surface area contributed by atoms with E-state index in [0.717, 1.165) is 28.0 Å². The van der Waals surface area contributed by atoms with E-state index >= 15 is 0 Å². The number of para-hydroxylation sites is 1. The van der Waals surface area contributed by atoms with Crippen molar-refractivity contribution in [1.29, 1.82) is 0 Å². The van der Waals surface area contributed by atoms with Crippen LogP contribution >= 0.6 is 23.4 Å². The van der Waals surface area contributed by atoms with Gasteiger partial charge in [-0.3, -0.25) is 0 Å². The fourth-order valence-corrected chi connectivity index (χ4v) is 3.35. The SMILES string of the molecule is Clc1nc2ccccc2cc1CSCc1ccccc1. The average molecular weight is 300 g/mol. The highest BCUT2D eigenvalue weighted by molar-refractivity contribution is 7.97. The lowest BCUT2D eigenvalue weighted by Gasteiger charge is -2.06. The van der Waals surface area contributed by atoms with Crippen LogP contribution in [-0.4, -0.2) is 4.98 Å². The maximum Gasteiger partial charge on any atom is 0.133 e. The molecule has 1 aromatic heterocycles. The van der Waals surface area contributed by atoms with Crippen LogP contribution in [0.25, 0.3) is 10.9 Å². The molecule has 0 unspecified atom stereocenters. The molecule has 2 aromatic carbocycles. The van der Waals surface area contributed by atoms with Crippen molar-refractivity contribution in [3.05, 3.63) is 76.9 Å². The zero-order chi connectivity index (χ0) is 13.8. The van der Waals surface area contributed by atoms with E-state index in [2.05, 4.69) is 41.4 Å². The van der Waals surface area contributed by atoms with Crippen LogP contribution in [0, 0.1) is 0 Å². The van der Waals surface area contributed by atoms with Gasteiger partial charge in [0.2, 0.25) is 0 Å². The second-order valence-corrected chi connectivity index (χ2v) is 5.95. The maximum atomic E-state index is 6.26. The van der Waals surface area contributed by atoms with Crippen LogP contribution in [0.5, 0.6) is 0 Å². The van der Waals surface area contributed by atoms with Crippen LogP contribution in [-0.2, 0) is 11.5 Å². The number of hydrogen-bond donors (Lipinski definition) is 0. The fourth-order valence-electron chi connectivity index (χ4n) is 2.09. The largest absolute Gasteiger partial charge is 0.236 e. The highest BCUT2D eigenvalue weighted by atomic mass is 35.5. The van der Waals surface area contributed by atoms with Crippen LogP contribution < -0.4 is 0 Å². The second kappa shape index (κ2) is 6.29. The van der Waals surface area contributed by atoms with E-state index < -0.39 is 0 Å². The summed E-state index contributed by atoms with van der Waals surface area (Å²) < 4.78 is 0. The lowest BCUT2D eigenvalue weighted by Crippen LogP contribution is -1.89. The van der Waals surface area contributed by atoms with E-state index in [9.17, 15) is 0 Å². The number of rotatable bonds is 4. The first-order chi connectivity index (χ1) is 9.83. The summed E-state index contributed by atoms with van der Waals surface area (Å²) in [5.41, 5.74) is 3.39. The van der Waals surface area contributed by atoms with E-state index in [1.807, 2.05) is 36.0 Å². The van der Waals surface area contributed by atoms with Crippen molar-refractivity contribution in [1.82, 2.24) is 4.98 Å². The zero-order valence-electron chi connectivity index (χ0n) is 10.9. The van der Waals surface area contributed by atoms with Gasteiger partial charge < -0.3 is 0 Å². The third kappa shape index (κ3) is 3.14. The molecule has 100 valence electrons. The van der Waals surface area contributed by atoms with Gasteiger partial charge in [0, 0.05) is 22.5 Å². The maximum absolute atomic E-state index is 6.26. The van der Waals surface area contributed by atoms with Crippen LogP contribution in [0.4, 0.5) is 0 Å². The summed E-state index contributed by atoms with van der Waals surface area (Å²) in [7, 11) is 0. The van der Waals surface area contributed by atoms with Crippen LogP contribution in [0.3, 0.4) is 0 Å². The van der Waals surface area contributed by atoms with Crippen LogP contribution in [0.2, 0.25) is 5.15 Å². The Kier molecular flexibility index (Phi) is 4.24. The quantitative estimate of drug-likeness (QED) is 0.605. The molecular weight excluding hydrogens is 286 g/mol. The monoisotopic (exact) mass is 299 g/mol. The Balaban J connectivity index is 1.72. The molecule has 1 nitrogen and oxygen atoms in total. The molecule has 0 fully saturated rings. The molecule has 0 amide bonds. The Morgan fingerprint density at radius 2 is 1.65 bits per heavy atom. The highest BCUT2D eigenvalue weighted by Gasteiger charge is 2.05. The molecule has 3 rings (SSSR count). The minimum Gasteiger partial charge on any atom is -0.236 e. The van der Waals surface area contributed by atoms with Crippen LogP contribution in [0.15, 0.2) is 60.7 Å². The summed E-state index contributed by atoms with van der Waals surface area (Å²) in [4.78, 5) is 4.45. The second-order valence-electron chi connectivity index (χ2n) is 4.61. The molecule has 0 aliphatic rings. The fraction of sp³-hybridized carbons (Fsp3) is 0.118. The molecule has 0 bridgehead atoms. The Labute approximate surface area is 128 Å². The van der Waals surface area contributed by atoms with Gasteiger partial charge in [-0.1, -0.05) is 60.1 Å². The molecule has 0 N–H and O–H groups in total. The Morgan fingerprint density at radius 1 is 0.900 bits per heavy atom.